The molecule has 0 saturated carbocycles. The minimum Gasteiger partial charge on any atom is -0.289 e. The molecule has 2 aromatic carbocycles. The fourth-order valence-electron chi connectivity index (χ4n) is 3.07. The first-order valence-electron chi connectivity index (χ1n) is 11.0. The second-order valence-electron chi connectivity index (χ2n) is 7.47. The number of benzene rings is 2. The van der Waals surface area contributed by atoms with Gasteiger partial charge in [0.15, 0.2) is 11.6 Å². The molecule has 0 aromatic heterocycles. The normalized spacial score (nSPS) is 22.8. The number of hydrogen-bond acceptors (Lipinski definition) is 6. The summed E-state index contributed by atoms with van der Waals surface area (Å²) in [5.41, 5.74) is 2.17. The van der Waals surface area contributed by atoms with Crippen LogP contribution in [0.15, 0.2) is 92.4 Å². The number of rotatable bonds is 2. The molecule has 0 radical (unpaired) electrons. The fourth-order valence-corrected chi connectivity index (χ4v) is 6.71. The minimum atomic E-state index is 0.128. The third kappa shape index (κ3) is 9.41. The van der Waals surface area contributed by atoms with Gasteiger partial charge in [-0.2, -0.15) is 0 Å². The fraction of sp³-hybridized carbons (Fsp3) is 0.214. The average Bonchev–Trinajstić information content (AvgIpc) is 2.83. The summed E-state index contributed by atoms with van der Waals surface area (Å²) < 4.78 is 0. The summed E-state index contributed by atoms with van der Waals surface area (Å²) >= 11 is 6.81. The molecule has 0 saturated heterocycles. The molecule has 2 aromatic rings. The van der Waals surface area contributed by atoms with Gasteiger partial charge in [-0.1, -0.05) is 60.7 Å². The smallest absolute Gasteiger partial charge is 0.192 e. The van der Waals surface area contributed by atoms with Crippen molar-refractivity contribution in [1.29, 1.82) is 0 Å². The van der Waals surface area contributed by atoms with Crippen LogP contribution < -0.4 is 0 Å². The predicted molar refractivity (Wildman–Crippen MR) is 156 cm³/mol. The van der Waals surface area contributed by atoms with Gasteiger partial charge in [0.05, 0.1) is 9.81 Å². The predicted octanol–water partition coefficient (Wildman–Crippen LogP) is 7.96. The number of allylic oxidation sites excluding steroid dienone is 6. The minimum absolute atomic E-state index is 0.128. The first kappa shape index (κ1) is 26.7. The Kier molecular flexibility index (Phi) is 11.4. The quantitative estimate of drug-likeness (QED) is 0.371. The van der Waals surface area contributed by atoms with Crippen LogP contribution in [0.5, 0.6) is 0 Å². The lowest BCUT2D eigenvalue weighted by Gasteiger charge is -2.09. The summed E-state index contributed by atoms with van der Waals surface area (Å²) in [4.78, 5) is 27.9. The largest absolute Gasteiger partial charge is 0.289 e. The molecule has 0 unspecified atom stereocenters. The molecule has 0 N–H and O–H groups in total. The summed E-state index contributed by atoms with van der Waals surface area (Å²) in [7, 11) is 0. The summed E-state index contributed by atoms with van der Waals surface area (Å²) in [6.07, 6.45) is 7.44. The lowest BCUT2D eigenvalue weighted by molar-refractivity contribution is -0.111. The number of carbonyl (C=O) groups excluding carboxylic acids is 2. The lowest BCUT2D eigenvalue weighted by atomic mass is 10.2. The molecular formula is C28H28O2S4. The Hall–Kier alpha value is -1.86. The van der Waals surface area contributed by atoms with Gasteiger partial charge in [-0.05, 0) is 59.1 Å². The van der Waals surface area contributed by atoms with Crippen LogP contribution in [0, 0.1) is 0 Å². The molecule has 0 spiro atoms. The van der Waals surface area contributed by atoms with Gasteiger partial charge in [0.25, 0.3) is 0 Å². The van der Waals surface area contributed by atoms with E-state index < -0.39 is 0 Å². The molecule has 2 aliphatic rings. The Morgan fingerprint density at radius 3 is 1.29 bits per heavy atom. The SMILES string of the molecule is C/C1=C/C(=O)/C(=C/c2ccccc2)SCCS1.C/C1=C/C(=O)/C(=C/c2ccccc2)SCCS1. The van der Waals surface area contributed by atoms with Crippen molar-refractivity contribution < 1.29 is 9.59 Å². The summed E-state index contributed by atoms with van der Waals surface area (Å²) in [5, 5.41) is 0. The summed E-state index contributed by atoms with van der Waals surface area (Å²) in [5.74, 6) is 4.35. The molecule has 2 aliphatic heterocycles. The van der Waals surface area contributed by atoms with Crippen LogP contribution in [0.2, 0.25) is 0 Å². The molecule has 0 atom stereocenters. The van der Waals surface area contributed by atoms with E-state index in [1.807, 2.05) is 86.7 Å². The topological polar surface area (TPSA) is 34.1 Å². The highest BCUT2D eigenvalue weighted by Crippen LogP contribution is 2.29. The maximum absolute atomic E-state index is 12.0. The van der Waals surface area contributed by atoms with E-state index in [2.05, 4.69) is 0 Å². The number of carbonyl (C=O) groups is 2. The van der Waals surface area contributed by atoms with Crippen LogP contribution in [0.1, 0.15) is 25.0 Å². The number of hydrogen-bond donors (Lipinski definition) is 0. The first-order valence-corrected chi connectivity index (χ1v) is 15.0. The van der Waals surface area contributed by atoms with Crippen molar-refractivity contribution in [3.63, 3.8) is 0 Å². The average molecular weight is 525 g/mol. The van der Waals surface area contributed by atoms with Gasteiger partial charge >= 0.3 is 0 Å². The van der Waals surface area contributed by atoms with Crippen molar-refractivity contribution >= 4 is 70.8 Å². The highest BCUT2D eigenvalue weighted by Gasteiger charge is 2.12. The van der Waals surface area contributed by atoms with Gasteiger partial charge in [-0.25, -0.2) is 0 Å². The molecule has 2 heterocycles. The van der Waals surface area contributed by atoms with E-state index in [0.29, 0.717) is 0 Å². The molecule has 176 valence electrons. The van der Waals surface area contributed by atoms with E-state index in [1.165, 1.54) is 0 Å². The molecule has 0 bridgehead atoms. The third-order valence-corrected chi connectivity index (χ3v) is 9.25. The molecule has 6 heteroatoms. The molecule has 0 amide bonds. The van der Waals surface area contributed by atoms with Gasteiger partial charge in [0.1, 0.15) is 0 Å². The van der Waals surface area contributed by atoms with Gasteiger partial charge in [-0.15, -0.1) is 47.0 Å². The Bertz CT molecular complexity index is 1010. The van der Waals surface area contributed by atoms with Crippen molar-refractivity contribution in [3.8, 4) is 0 Å². The van der Waals surface area contributed by atoms with E-state index >= 15 is 0 Å². The molecule has 34 heavy (non-hydrogen) atoms. The van der Waals surface area contributed by atoms with Gasteiger partial charge in [0.2, 0.25) is 0 Å². The van der Waals surface area contributed by atoms with Gasteiger partial charge in [-0.3, -0.25) is 9.59 Å². The monoisotopic (exact) mass is 524 g/mol. The molecular weight excluding hydrogens is 497 g/mol. The first-order chi connectivity index (χ1) is 16.5. The van der Waals surface area contributed by atoms with Crippen molar-refractivity contribution in [2.24, 2.45) is 0 Å². The van der Waals surface area contributed by atoms with Crippen LogP contribution in [-0.4, -0.2) is 34.6 Å². The van der Waals surface area contributed by atoms with Crippen LogP contribution in [0.25, 0.3) is 12.2 Å². The molecule has 2 nitrogen and oxygen atoms in total. The van der Waals surface area contributed by atoms with Crippen LogP contribution in [0.4, 0.5) is 0 Å². The van der Waals surface area contributed by atoms with Crippen molar-refractivity contribution in [1.82, 2.24) is 0 Å². The number of ketones is 2. The maximum atomic E-state index is 12.0. The summed E-state index contributed by atoms with van der Waals surface area (Å²) in [6.45, 7) is 4.00. The van der Waals surface area contributed by atoms with Crippen LogP contribution in [-0.2, 0) is 9.59 Å². The van der Waals surface area contributed by atoms with E-state index in [9.17, 15) is 9.59 Å². The van der Waals surface area contributed by atoms with E-state index in [-0.39, 0.29) is 11.6 Å². The highest BCUT2D eigenvalue weighted by molar-refractivity contribution is 8.07. The zero-order valence-corrected chi connectivity index (χ0v) is 22.6. The Morgan fingerprint density at radius 1 is 0.559 bits per heavy atom. The second-order valence-corrected chi connectivity index (χ2v) is 12.4. The van der Waals surface area contributed by atoms with Crippen molar-refractivity contribution in [2.75, 3.05) is 23.0 Å². The van der Waals surface area contributed by atoms with Gasteiger partial charge in [0, 0.05) is 23.0 Å². The Balaban J connectivity index is 0.000000191. The zero-order chi connectivity index (χ0) is 24.2. The van der Waals surface area contributed by atoms with E-state index in [1.54, 1.807) is 59.2 Å². The Labute approximate surface area is 219 Å². The lowest BCUT2D eigenvalue weighted by Crippen LogP contribution is -2.01. The van der Waals surface area contributed by atoms with Gasteiger partial charge < -0.3 is 0 Å². The molecule has 0 fully saturated rings. The van der Waals surface area contributed by atoms with E-state index in [4.69, 9.17) is 0 Å². The third-order valence-electron chi connectivity index (χ3n) is 4.69. The van der Waals surface area contributed by atoms with Crippen molar-refractivity contribution in [3.05, 3.63) is 104 Å². The van der Waals surface area contributed by atoms with E-state index in [0.717, 1.165) is 53.8 Å². The van der Waals surface area contributed by atoms with Crippen molar-refractivity contribution in [2.45, 2.75) is 13.8 Å². The standard InChI is InChI=1S/2C14H14OS2/c2*1-11-9-13(15)14(17-8-7-16-11)10-12-5-3-2-4-6-12/h2*2-6,9-10H,7-8H2,1H3/b2*11-9-,14-10-. The second kappa shape index (κ2) is 14.5. The highest BCUT2D eigenvalue weighted by atomic mass is 32.2. The molecule has 0 aliphatic carbocycles. The maximum Gasteiger partial charge on any atom is 0.192 e. The summed E-state index contributed by atoms with van der Waals surface area (Å²) in [6, 6.07) is 20.0. The van der Waals surface area contributed by atoms with Crippen LogP contribution >= 0.6 is 47.0 Å². The zero-order valence-electron chi connectivity index (χ0n) is 19.4. The van der Waals surface area contributed by atoms with Crippen LogP contribution in [0.3, 0.4) is 0 Å². The molecule has 4 rings (SSSR count). The Morgan fingerprint density at radius 2 is 0.912 bits per heavy atom. The number of thioether (sulfide) groups is 4.